The predicted octanol–water partition coefficient (Wildman–Crippen LogP) is 2.47. The maximum atomic E-state index is 4.80. The molecule has 0 saturated heterocycles. The lowest BCUT2D eigenvalue weighted by Crippen LogP contribution is -2.42. The molecule has 0 bridgehead atoms. The number of rotatable bonds is 10. The van der Waals surface area contributed by atoms with E-state index >= 15 is 0 Å². The van der Waals surface area contributed by atoms with Crippen molar-refractivity contribution in [3.63, 3.8) is 0 Å². The lowest BCUT2D eigenvalue weighted by Gasteiger charge is -2.20. The van der Waals surface area contributed by atoms with Crippen molar-refractivity contribution in [2.24, 2.45) is 4.99 Å². The van der Waals surface area contributed by atoms with Gasteiger partial charge in [0.1, 0.15) is 0 Å². The van der Waals surface area contributed by atoms with Crippen LogP contribution >= 0.6 is 0 Å². The second-order valence-electron chi connectivity index (χ2n) is 6.95. The van der Waals surface area contributed by atoms with Gasteiger partial charge in [0, 0.05) is 38.1 Å². The van der Waals surface area contributed by atoms with Crippen LogP contribution in [-0.4, -0.2) is 52.9 Å². The van der Waals surface area contributed by atoms with Crippen molar-refractivity contribution >= 4 is 5.96 Å². The molecule has 6 nitrogen and oxygen atoms in total. The number of hydrogen-bond donors (Lipinski definition) is 2. The fourth-order valence-corrected chi connectivity index (χ4v) is 3.30. The SMILES string of the molecule is CCNC(=NCc1ccccc1Cn1cccn1)NCCN(CC)C1CC1. The van der Waals surface area contributed by atoms with Crippen LogP contribution in [0.1, 0.15) is 37.8 Å². The first-order valence-electron chi connectivity index (χ1n) is 10.1. The second kappa shape index (κ2) is 10.1. The summed E-state index contributed by atoms with van der Waals surface area (Å²) >= 11 is 0. The van der Waals surface area contributed by atoms with Crippen molar-refractivity contribution < 1.29 is 0 Å². The van der Waals surface area contributed by atoms with E-state index in [1.165, 1.54) is 24.0 Å². The number of aliphatic imine (C=N–C) groups is 1. The zero-order valence-corrected chi connectivity index (χ0v) is 16.6. The number of nitrogens with zero attached hydrogens (tertiary/aromatic N) is 4. The van der Waals surface area contributed by atoms with Crippen LogP contribution in [0.25, 0.3) is 0 Å². The van der Waals surface area contributed by atoms with E-state index in [1.807, 2.05) is 23.1 Å². The molecule has 1 aromatic heterocycles. The van der Waals surface area contributed by atoms with Gasteiger partial charge in [-0.05, 0) is 43.5 Å². The largest absolute Gasteiger partial charge is 0.357 e. The number of hydrogen-bond acceptors (Lipinski definition) is 3. The van der Waals surface area contributed by atoms with Crippen molar-refractivity contribution in [1.82, 2.24) is 25.3 Å². The van der Waals surface area contributed by atoms with Gasteiger partial charge in [-0.1, -0.05) is 31.2 Å². The van der Waals surface area contributed by atoms with Gasteiger partial charge in [-0.25, -0.2) is 4.99 Å². The number of aromatic nitrogens is 2. The molecule has 0 amide bonds. The highest BCUT2D eigenvalue weighted by Gasteiger charge is 2.27. The van der Waals surface area contributed by atoms with Crippen LogP contribution in [-0.2, 0) is 13.1 Å². The van der Waals surface area contributed by atoms with Crippen molar-refractivity contribution in [1.29, 1.82) is 0 Å². The molecule has 1 aliphatic carbocycles. The minimum absolute atomic E-state index is 0.660. The summed E-state index contributed by atoms with van der Waals surface area (Å²) in [6.45, 7) is 9.76. The normalized spacial score (nSPS) is 14.6. The summed E-state index contributed by atoms with van der Waals surface area (Å²) in [6, 6.07) is 11.2. The van der Waals surface area contributed by atoms with Crippen molar-refractivity contribution in [2.45, 2.75) is 45.8 Å². The highest BCUT2D eigenvalue weighted by atomic mass is 15.3. The van der Waals surface area contributed by atoms with E-state index in [9.17, 15) is 0 Å². The molecule has 0 unspecified atom stereocenters. The third-order valence-corrected chi connectivity index (χ3v) is 4.92. The van der Waals surface area contributed by atoms with E-state index in [-0.39, 0.29) is 0 Å². The monoisotopic (exact) mass is 368 g/mol. The van der Waals surface area contributed by atoms with Crippen molar-refractivity contribution in [3.05, 3.63) is 53.9 Å². The molecule has 3 rings (SSSR count). The summed E-state index contributed by atoms with van der Waals surface area (Å²) in [4.78, 5) is 7.35. The standard InChI is InChI=1S/C21H32N6/c1-3-22-21(23-13-15-26(4-2)20-10-11-20)24-16-18-8-5-6-9-19(18)17-27-14-7-12-25-27/h5-9,12,14,20H,3-4,10-11,13,15-17H2,1-2H3,(H2,22,23,24). The molecule has 1 heterocycles. The van der Waals surface area contributed by atoms with Gasteiger partial charge in [0.15, 0.2) is 5.96 Å². The van der Waals surface area contributed by atoms with Crippen molar-refractivity contribution in [3.8, 4) is 0 Å². The molecular weight excluding hydrogens is 336 g/mol. The molecule has 146 valence electrons. The number of guanidine groups is 1. The molecule has 1 fully saturated rings. The molecule has 6 heteroatoms. The van der Waals surface area contributed by atoms with Crippen LogP contribution in [0, 0.1) is 0 Å². The average molecular weight is 369 g/mol. The van der Waals surface area contributed by atoms with E-state index in [0.717, 1.165) is 44.7 Å². The minimum Gasteiger partial charge on any atom is -0.357 e. The molecule has 2 N–H and O–H groups in total. The second-order valence-corrected chi connectivity index (χ2v) is 6.95. The molecule has 2 aromatic rings. The third kappa shape index (κ3) is 6.10. The summed E-state index contributed by atoms with van der Waals surface area (Å²) in [6.07, 6.45) is 6.52. The molecule has 0 aliphatic heterocycles. The molecule has 1 aromatic carbocycles. The smallest absolute Gasteiger partial charge is 0.191 e. The zero-order chi connectivity index (χ0) is 18.9. The lowest BCUT2D eigenvalue weighted by molar-refractivity contribution is 0.282. The summed E-state index contributed by atoms with van der Waals surface area (Å²) in [5, 5.41) is 11.2. The first kappa shape index (κ1) is 19.4. The Morgan fingerprint density at radius 2 is 2.00 bits per heavy atom. The van der Waals surface area contributed by atoms with E-state index in [1.54, 1.807) is 0 Å². The van der Waals surface area contributed by atoms with Crippen LogP contribution in [0.4, 0.5) is 0 Å². The van der Waals surface area contributed by atoms with Gasteiger partial charge in [0.2, 0.25) is 0 Å². The van der Waals surface area contributed by atoms with Crippen LogP contribution in [0.2, 0.25) is 0 Å². The van der Waals surface area contributed by atoms with Crippen LogP contribution in [0.15, 0.2) is 47.7 Å². The van der Waals surface area contributed by atoms with Gasteiger partial charge in [-0.2, -0.15) is 5.10 Å². The van der Waals surface area contributed by atoms with Crippen molar-refractivity contribution in [2.75, 3.05) is 26.2 Å². The van der Waals surface area contributed by atoms with Gasteiger partial charge in [0.05, 0.1) is 13.1 Å². The first-order valence-corrected chi connectivity index (χ1v) is 10.1. The van der Waals surface area contributed by atoms with E-state index in [2.05, 4.69) is 58.7 Å². The molecular formula is C21H32N6. The van der Waals surface area contributed by atoms with Crippen LogP contribution < -0.4 is 10.6 Å². The van der Waals surface area contributed by atoms with E-state index in [0.29, 0.717) is 6.54 Å². The Balaban J connectivity index is 1.57. The number of nitrogens with one attached hydrogen (secondary N) is 2. The average Bonchev–Trinajstić information content (AvgIpc) is 3.40. The van der Waals surface area contributed by atoms with E-state index < -0.39 is 0 Å². The molecule has 27 heavy (non-hydrogen) atoms. The van der Waals surface area contributed by atoms with E-state index in [4.69, 9.17) is 4.99 Å². The molecule has 0 radical (unpaired) electrons. The topological polar surface area (TPSA) is 57.5 Å². The Bertz CT molecular complexity index is 705. The van der Waals surface area contributed by atoms with Gasteiger partial charge in [-0.3, -0.25) is 9.58 Å². The van der Waals surface area contributed by atoms with Crippen LogP contribution in [0.3, 0.4) is 0 Å². The molecule has 1 aliphatic rings. The third-order valence-electron chi connectivity index (χ3n) is 4.92. The van der Waals surface area contributed by atoms with Gasteiger partial charge >= 0.3 is 0 Å². The highest BCUT2D eigenvalue weighted by molar-refractivity contribution is 5.79. The summed E-state index contributed by atoms with van der Waals surface area (Å²) in [7, 11) is 0. The first-order chi connectivity index (χ1) is 13.3. The Labute approximate surface area is 162 Å². The minimum atomic E-state index is 0.660. The summed E-state index contributed by atoms with van der Waals surface area (Å²) < 4.78 is 1.95. The fourth-order valence-electron chi connectivity index (χ4n) is 3.30. The quantitative estimate of drug-likeness (QED) is 0.500. The lowest BCUT2D eigenvalue weighted by atomic mass is 10.1. The van der Waals surface area contributed by atoms with Crippen LogP contribution in [0.5, 0.6) is 0 Å². The van der Waals surface area contributed by atoms with Gasteiger partial charge in [0.25, 0.3) is 0 Å². The number of benzene rings is 1. The van der Waals surface area contributed by atoms with Gasteiger partial charge in [-0.15, -0.1) is 0 Å². The highest BCUT2D eigenvalue weighted by Crippen LogP contribution is 2.25. The zero-order valence-electron chi connectivity index (χ0n) is 16.6. The predicted molar refractivity (Wildman–Crippen MR) is 111 cm³/mol. The summed E-state index contributed by atoms with van der Waals surface area (Å²) in [5.74, 6) is 0.887. The Kier molecular flexibility index (Phi) is 7.27. The van der Waals surface area contributed by atoms with Gasteiger partial charge < -0.3 is 10.6 Å². The maximum absolute atomic E-state index is 4.80. The summed E-state index contributed by atoms with van der Waals surface area (Å²) in [5.41, 5.74) is 2.49. The Morgan fingerprint density at radius 3 is 2.67 bits per heavy atom. The molecule has 1 saturated carbocycles. The molecule has 0 spiro atoms. The Hall–Kier alpha value is -2.34. The maximum Gasteiger partial charge on any atom is 0.191 e. The molecule has 0 atom stereocenters. The Morgan fingerprint density at radius 1 is 1.19 bits per heavy atom. The number of likely N-dealkylation sites (N-methyl/N-ethyl adjacent to an activating group) is 1. The fraction of sp³-hybridized carbons (Fsp3) is 0.524.